The smallest absolute Gasteiger partial charge is 0.252 e. The summed E-state index contributed by atoms with van der Waals surface area (Å²) in [7, 11) is 1.64. The number of amides is 1. The van der Waals surface area contributed by atoms with Gasteiger partial charge in [0.05, 0.1) is 29.9 Å². The normalized spacial score (nSPS) is 11.7. The molecule has 1 amide bonds. The number of carbonyl (C=O) groups is 1. The molecule has 0 aliphatic carbocycles. The predicted octanol–water partition coefficient (Wildman–Crippen LogP) is 6.62. The van der Waals surface area contributed by atoms with E-state index in [0.29, 0.717) is 12.0 Å². The molecule has 172 valence electrons. The number of hydrogen-bond donors (Lipinski definition) is 1. The molecule has 5 aromatic rings. The molecule has 5 rings (SSSR count). The van der Waals surface area contributed by atoms with Gasteiger partial charge in [0.1, 0.15) is 5.75 Å². The molecule has 0 aliphatic heterocycles. The van der Waals surface area contributed by atoms with E-state index in [1.807, 2.05) is 91.0 Å². The Kier molecular flexibility index (Phi) is 6.53. The number of benzene rings is 4. The fraction of sp³-hybridized carbons (Fsp3) is 0.0968. The Bertz CT molecular complexity index is 1450. The standard InChI is InChI=1S/C31H26N2O2/c1-35-25-16-10-15-24(20-25)30-21-27(26-17-8-9-18-28(26)32-30)31(34)33-29(23-13-6-3-7-14-23)19-22-11-4-2-5-12-22/h2-18,20-21,29H,19H2,1H3,(H,33,34). The van der Waals surface area contributed by atoms with Gasteiger partial charge in [-0.15, -0.1) is 0 Å². The van der Waals surface area contributed by atoms with Crippen molar-refractivity contribution in [2.24, 2.45) is 0 Å². The molecule has 0 bridgehead atoms. The van der Waals surface area contributed by atoms with E-state index in [2.05, 4.69) is 29.6 Å². The number of nitrogens with one attached hydrogen (secondary N) is 1. The van der Waals surface area contributed by atoms with Crippen LogP contribution in [-0.2, 0) is 6.42 Å². The Labute approximate surface area is 205 Å². The lowest BCUT2D eigenvalue weighted by atomic mass is 9.97. The molecule has 0 saturated heterocycles. The number of fused-ring (bicyclic) bond motifs is 1. The molecule has 0 spiro atoms. The van der Waals surface area contributed by atoms with Gasteiger partial charge in [-0.1, -0.05) is 91.0 Å². The summed E-state index contributed by atoms with van der Waals surface area (Å²) in [6.45, 7) is 0. The van der Waals surface area contributed by atoms with Crippen molar-refractivity contribution in [1.29, 1.82) is 0 Å². The highest BCUT2D eigenvalue weighted by Gasteiger charge is 2.19. The van der Waals surface area contributed by atoms with Crippen LogP contribution in [0.1, 0.15) is 27.5 Å². The second-order valence-corrected chi connectivity index (χ2v) is 8.43. The number of carbonyl (C=O) groups excluding carboxylic acids is 1. The number of aromatic nitrogens is 1. The van der Waals surface area contributed by atoms with Crippen LogP contribution in [0.4, 0.5) is 0 Å². The van der Waals surface area contributed by atoms with Crippen LogP contribution in [0.25, 0.3) is 22.2 Å². The molecule has 0 saturated carbocycles. The largest absolute Gasteiger partial charge is 0.497 e. The van der Waals surface area contributed by atoms with Crippen LogP contribution in [0, 0.1) is 0 Å². The third-order valence-corrected chi connectivity index (χ3v) is 6.12. The molecule has 0 aliphatic rings. The van der Waals surface area contributed by atoms with Crippen molar-refractivity contribution in [3.05, 3.63) is 132 Å². The Morgan fingerprint density at radius 2 is 1.54 bits per heavy atom. The molecule has 1 heterocycles. The maximum Gasteiger partial charge on any atom is 0.252 e. The number of nitrogens with zero attached hydrogens (tertiary/aromatic N) is 1. The molecule has 35 heavy (non-hydrogen) atoms. The van der Waals surface area contributed by atoms with E-state index in [4.69, 9.17) is 9.72 Å². The van der Waals surface area contributed by atoms with Crippen LogP contribution in [0.5, 0.6) is 5.75 Å². The van der Waals surface area contributed by atoms with Gasteiger partial charge in [0.15, 0.2) is 0 Å². The zero-order valence-corrected chi connectivity index (χ0v) is 19.5. The van der Waals surface area contributed by atoms with Crippen LogP contribution in [-0.4, -0.2) is 18.0 Å². The third-order valence-electron chi connectivity index (χ3n) is 6.12. The monoisotopic (exact) mass is 458 g/mol. The number of hydrogen-bond acceptors (Lipinski definition) is 3. The van der Waals surface area contributed by atoms with Crippen molar-refractivity contribution in [2.75, 3.05) is 7.11 Å². The fourth-order valence-corrected chi connectivity index (χ4v) is 4.32. The summed E-state index contributed by atoms with van der Waals surface area (Å²) in [6, 6.07) is 37.5. The van der Waals surface area contributed by atoms with E-state index in [0.717, 1.165) is 33.5 Å². The zero-order chi connectivity index (χ0) is 24.0. The van der Waals surface area contributed by atoms with Crippen molar-refractivity contribution in [2.45, 2.75) is 12.5 Å². The lowest BCUT2D eigenvalue weighted by molar-refractivity contribution is 0.0938. The average molecular weight is 459 g/mol. The molecule has 4 nitrogen and oxygen atoms in total. The van der Waals surface area contributed by atoms with Gasteiger partial charge < -0.3 is 10.1 Å². The van der Waals surface area contributed by atoms with Crippen molar-refractivity contribution in [1.82, 2.24) is 10.3 Å². The van der Waals surface area contributed by atoms with Crippen molar-refractivity contribution >= 4 is 16.8 Å². The minimum atomic E-state index is -0.168. The molecule has 4 heteroatoms. The lowest BCUT2D eigenvalue weighted by Crippen LogP contribution is -2.30. The maximum atomic E-state index is 13.8. The SMILES string of the molecule is COc1cccc(-c2cc(C(=O)NC(Cc3ccccc3)c3ccccc3)c3ccccc3n2)c1. The van der Waals surface area contributed by atoms with Crippen LogP contribution >= 0.6 is 0 Å². The van der Waals surface area contributed by atoms with E-state index in [1.54, 1.807) is 7.11 Å². The molecule has 1 aromatic heterocycles. The Balaban J connectivity index is 1.54. The molecule has 1 unspecified atom stereocenters. The lowest BCUT2D eigenvalue weighted by Gasteiger charge is -2.20. The molecule has 0 radical (unpaired) electrons. The Morgan fingerprint density at radius 3 is 2.31 bits per heavy atom. The number of ether oxygens (including phenoxy) is 1. The summed E-state index contributed by atoms with van der Waals surface area (Å²) in [6.07, 6.45) is 0.697. The second kappa shape index (κ2) is 10.2. The quantitative estimate of drug-likeness (QED) is 0.298. The number of methoxy groups -OCH3 is 1. The van der Waals surface area contributed by atoms with Gasteiger partial charge in [-0.3, -0.25) is 4.79 Å². The van der Waals surface area contributed by atoms with Crippen LogP contribution in [0.2, 0.25) is 0 Å². The van der Waals surface area contributed by atoms with E-state index in [1.165, 1.54) is 5.56 Å². The maximum absolute atomic E-state index is 13.8. The van der Waals surface area contributed by atoms with Gasteiger partial charge in [0, 0.05) is 10.9 Å². The summed E-state index contributed by atoms with van der Waals surface area (Å²) < 4.78 is 5.39. The van der Waals surface area contributed by atoms with Crippen molar-refractivity contribution in [3.63, 3.8) is 0 Å². The van der Waals surface area contributed by atoms with E-state index in [9.17, 15) is 4.79 Å². The Hall–Kier alpha value is -4.44. The minimum Gasteiger partial charge on any atom is -0.497 e. The topological polar surface area (TPSA) is 51.2 Å². The molecule has 4 aromatic carbocycles. The first-order valence-corrected chi connectivity index (χ1v) is 11.7. The van der Waals surface area contributed by atoms with Gasteiger partial charge >= 0.3 is 0 Å². The van der Waals surface area contributed by atoms with Crippen LogP contribution in [0.15, 0.2) is 115 Å². The van der Waals surface area contributed by atoms with Gasteiger partial charge in [0.25, 0.3) is 5.91 Å². The molecule has 1 atom stereocenters. The highest BCUT2D eigenvalue weighted by molar-refractivity contribution is 6.07. The summed E-state index contributed by atoms with van der Waals surface area (Å²) >= 11 is 0. The van der Waals surface area contributed by atoms with E-state index in [-0.39, 0.29) is 11.9 Å². The first-order chi connectivity index (χ1) is 17.2. The Morgan fingerprint density at radius 1 is 0.829 bits per heavy atom. The van der Waals surface area contributed by atoms with Crippen molar-refractivity contribution < 1.29 is 9.53 Å². The highest BCUT2D eigenvalue weighted by Crippen LogP contribution is 2.28. The van der Waals surface area contributed by atoms with Gasteiger partial charge in [0.2, 0.25) is 0 Å². The first-order valence-electron chi connectivity index (χ1n) is 11.7. The van der Waals surface area contributed by atoms with Crippen LogP contribution < -0.4 is 10.1 Å². The average Bonchev–Trinajstić information content (AvgIpc) is 2.93. The minimum absolute atomic E-state index is 0.127. The molecular weight excluding hydrogens is 432 g/mol. The fourth-order valence-electron chi connectivity index (χ4n) is 4.32. The highest BCUT2D eigenvalue weighted by atomic mass is 16.5. The summed E-state index contributed by atoms with van der Waals surface area (Å²) in [5.74, 6) is 0.619. The summed E-state index contributed by atoms with van der Waals surface area (Å²) in [4.78, 5) is 18.6. The predicted molar refractivity (Wildman–Crippen MR) is 141 cm³/mol. The third kappa shape index (κ3) is 5.07. The number of para-hydroxylation sites is 1. The van der Waals surface area contributed by atoms with Gasteiger partial charge in [-0.2, -0.15) is 0 Å². The van der Waals surface area contributed by atoms with E-state index >= 15 is 0 Å². The zero-order valence-electron chi connectivity index (χ0n) is 19.5. The van der Waals surface area contributed by atoms with Gasteiger partial charge in [-0.05, 0) is 41.8 Å². The number of pyridine rings is 1. The first kappa shape index (κ1) is 22.4. The van der Waals surface area contributed by atoms with Crippen LogP contribution in [0.3, 0.4) is 0 Å². The molecular formula is C31H26N2O2. The number of rotatable bonds is 7. The van der Waals surface area contributed by atoms with Crippen molar-refractivity contribution in [3.8, 4) is 17.0 Å². The molecule has 1 N–H and O–H groups in total. The summed E-state index contributed by atoms with van der Waals surface area (Å²) in [5.41, 5.74) is 5.23. The van der Waals surface area contributed by atoms with E-state index < -0.39 is 0 Å². The molecule has 0 fully saturated rings. The summed E-state index contributed by atoms with van der Waals surface area (Å²) in [5, 5.41) is 4.12. The van der Waals surface area contributed by atoms with Gasteiger partial charge in [-0.25, -0.2) is 4.98 Å². The second-order valence-electron chi connectivity index (χ2n) is 8.43.